The number of aromatic nitrogens is 2. The molecule has 2 heterocycles. The van der Waals surface area contributed by atoms with Gasteiger partial charge in [-0.2, -0.15) is 0 Å². The standard InChI is InChI=1S/C21H18ClN3O2S/c1-2-27-16-9-7-14(8-10-16)19-12-25-15(13-28-21(25)24-19)11-20(26)23-18-6-4-3-5-17(18)22/h3-10,12-13H,2,11H2,1H3,(H,23,26). The molecule has 4 aromatic rings. The van der Waals surface area contributed by atoms with E-state index >= 15 is 0 Å². The summed E-state index contributed by atoms with van der Waals surface area (Å²) in [6.45, 7) is 2.60. The molecule has 0 bridgehead atoms. The number of rotatable bonds is 6. The molecule has 2 aromatic heterocycles. The third kappa shape index (κ3) is 3.88. The molecule has 4 rings (SSSR count). The van der Waals surface area contributed by atoms with Gasteiger partial charge in [-0.3, -0.25) is 9.20 Å². The molecule has 0 radical (unpaired) electrons. The van der Waals surface area contributed by atoms with Gasteiger partial charge in [0.1, 0.15) is 5.75 Å². The van der Waals surface area contributed by atoms with Crippen LogP contribution in [0.4, 0.5) is 5.69 Å². The van der Waals surface area contributed by atoms with Gasteiger partial charge in [-0.25, -0.2) is 4.98 Å². The van der Waals surface area contributed by atoms with Crippen LogP contribution < -0.4 is 10.1 Å². The number of amides is 1. The van der Waals surface area contributed by atoms with Crippen molar-refractivity contribution in [1.29, 1.82) is 0 Å². The molecule has 5 nitrogen and oxygen atoms in total. The van der Waals surface area contributed by atoms with E-state index in [4.69, 9.17) is 16.3 Å². The van der Waals surface area contributed by atoms with E-state index < -0.39 is 0 Å². The molecule has 142 valence electrons. The summed E-state index contributed by atoms with van der Waals surface area (Å²) in [5, 5.41) is 5.33. The van der Waals surface area contributed by atoms with Crippen molar-refractivity contribution in [2.45, 2.75) is 13.3 Å². The number of benzene rings is 2. The van der Waals surface area contributed by atoms with Crippen LogP contribution in [0.1, 0.15) is 12.6 Å². The van der Waals surface area contributed by atoms with Gasteiger partial charge in [-0.05, 0) is 43.3 Å². The number of carbonyl (C=O) groups is 1. The van der Waals surface area contributed by atoms with Gasteiger partial charge >= 0.3 is 0 Å². The summed E-state index contributed by atoms with van der Waals surface area (Å²) < 4.78 is 7.44. The zero-order chi connectivity index (χ0) is 19.5. The van der Waals surface area contributed by atoms with Crippen LogP contribution in [0, 0.1) is 0 Å². The predicted octanol–water partition coefficient (Wildman–Crippen LogP) is 5.30. The van der Waals surface area contributed by atoms with Crippen molar-refractivity contribution in [3.05, 3.63) is 70.8 Å². The number of thiazole rings is 1. The van der Waals surface area contributed by atoms with Gasteiger partial charge in [0, 0.05) is 22.8 Å². The number of anilines is 1. The number of ether oxygens (including phenoxy) is 1. The van der Waals surface area contributed by atoms with Gasteiger partial charge in [-0.15, -0.1) is 11.3 Å². The number of fused-ring (bicyclic) bond motifs is 1. The Hall–Kier alpha value is -2.83. The molecule has 0 aliphatic heterocycles. The number of nitrogens with one attached hydrogen (secondary N) is 1. The highest BCUT2D eigenvalue weighted by Gasteiger charge is 2.13. The van der Waals surface area contributed by atoms with Crippen LogP contribution in [0.3, 0.4) is 0 Å². The third-order valence-corrected chi connectivity index (χ3v) is 5.45. The Kier molecular flexibility index (Phi) is 5.32. The van der Waals surface area contributed by atoms with Gasteiger partial charge in [0.2, 0.25) is 5.91 Å². The molecule has 0 aliphatic carbocycles. The third-order valence-electron chi connectivity index (χ3n) is 4.23. The zero-order valence-corrected chi connectivity index (χ0v) is 16.8. The van der Waals surface area contributed by atoms with Crippen LogP contribution in [0.2, 0.25) is 5.02 Å². The second kappa shape index (κ2) is 8.04. The molecule has 0 aliphatic rings. The molecule has 0 saturated heterocycles. The first-order valence-corrected chi connectivity index (χ1v) is 10.1. The summed E-state index contributed by atoms with van der Waals surface area (Å²) in [4.78, 5) is 18.0. The second-order valence-electron chi connectivity index (χ2n) is 6.17. The Bertz CT molecular complexity index is 1120. The van der Waals surface area contributed by atoms with Crippen LogP contribution >= 0.6 is 22.9 Å². The topological polar surface area (TPSA) is 55.6 Å². The number of halogens is 1. The lowest BCUT2D eigenvalue weighted by Gasteiger charge is -2.06. The Labute approximate surface area is 171 Å². The normalized spacial score (nSPS) is 10.9. The first-order valence-electron chi connectivity index (χ1n) is 8.87. The second-order valence-corrected chi connectivity index (χ2v) is 7.41. The maximum absolute atomic E-state index is 12.4. The molecule has 0 unspecified atom stereocenters. The monoisotopic (exact) mass is 411 g/mol. The fraction of sp³-hybridized carbons (Fsp3) is 0.143. The average molecular weight is 412 g/mol. The molecular formula is C21H18ClN3O2S. The van der Waals surface area contributed by atoms with E-state index in [1.807, 2.05) is 59.3 Å². The Morgan fingerprint density at radius 2 is 2.00 bits per heavy atom. The van der Waals surface area contributed by atoms with Crippen molar-refractivity contribution in [3.8, 4) is 17.0 Å². The van der Waals surface area contributed by atoms with Crippen LogP contribution in [-0.4, -0.2) is 21.9 Å². The molecule has 28 heavy (non-hydrogen) atoms. The molecule has 1 amide bonds. The highest BCUT2D eigenvalue weighted by molar-refractivity contribution is 7.15. The lowest BCUT2D eigenvalue weighted by molar-refractivity contribution is -0.115. The highest BCUT2D eigenvalue weighted by atomic mass is 35.5. The fourth-order valence-electron chi connectivity index (χ4n) is 2.91. The van der Waals surface area contributed by atoms with Crippen molar-refractivity contribution in [1.82, 2.24) is 9.38 Å². The van der Waals surface area contributed by atoms with Crippen LogP contribution in [-0.2, 0) is 11.2 Å². The molecule has 1 N–H and O–H groups in total. The number of nitrogens with zero attached hydrogens (tertiary/aromatic N) is 2. The fourth-order valence-corrected chi connectivity index (χ4v) is 3.96. The Morgan fingerprint density at radius 3 is 2.75 bits per heavy atom. The quantitative estimate of drug-likeness (QED) is 0.468. The minimum Gasteiger partial charge on any atom is -0.494 e. The van der Waals surface area contributed by atoms with Crippen molar-refractivity contribution < 1.29 is 9.53 Å². The predicted molar refractivity (Wildman–Crippen MR) is 113 cm³/mol. The summed E-state index contributed by atoms with van der Waals surface area (Å²) in [7, 11) is 0. The Balaban J connectivity index is 1.53. The number of hydrogen-bond donors (Lipinski definition) is 1. The summed E-state index contributed by atoms with van der Waals surface area (Å²) in [5.41, 5.74) is 3.36. The molecule has 0 saturated carbocycles. The van der Waals surface area contributed by atoms with Gasteiger partial charge in [-0.1, -0.05) is 23.7 Å². The molecule has 0 atom stereocenters. The van der Waals surface area contributed by atoms with Gasteiger partial charge < -0.3 is 10.1 Å². The molecule has 0 spiro atoms. The van der Waals surface area contributed by atoms with Gasteiger partial charge in [0.05, 0.1) is 29.4 Å². The van der Waals surface area contributed by atoms with Crippen molar-refractivity contribution in [2.75, 3.05) is 11.9 Å². The molecular weight excluding hydrogens is 394 g/mol. The van der Waals surface area contributed by atoms with E-state index in [9.17, 15) is 4.79 Å². The molecule has 0 fully saturated rings. The van der Waals surface area contributed by atoms with Crippen molar-refractivity contribution in [2.24, 2.45) is 0 Å². The maximum atomic E-state index is 12.4. The van der Waals surface area contributed by atoms with Crippen LogP contribution in [0.5, 0.6) is 5.75 Å². The minimum absolute atomic E-state index is 0.121. The number of hydrogen-bond acceptors (Lipinski definition) is 4. The summed E-state index contributed by atoms with van der Waals surface area (Å²) >= 11 is 7.62. The Morgan fingerprint density at radius 1 is 1.21 bits per heavy atom. The van der Waals surface area contributed by atoms with Crippen LogP contribution in [0.15, 0.2) is 60.1 Å². The summed E-state index contributed by atoms with van der Waals surface area (Å²) in [6.07, 6.45) is 2.20. The largest absolute Gasteiger partial charge is 0.494 e. The van der Waals surface area contributed by atoms with E-state index in [2.05, 4.69) is 10.3 Å². The number of imidazole rings is 1. The van der Waals surface area contributed by atoms with Gasteiger partial charge in [0.15, 0.2) is 4.96 Å². The maximum Gasteiger partial charge on any atom is 0.230 e. The van der Waals surface area contributed by atoms with Gasteiger partial charge in [0.25, 0.3) is 0 Å². The smallest absolute Gasteiger partial charge is 0.230 e. The van der Waals surface area contributed by atoms with Crippen LogP contribution in [0.25, 0.3) is 16.2 Å². The SMILES string of the molecule is CCOc1ccc(-c2cn3c(CC(=O)Nc4ccccc4Cl)csc3n2)cc1. The van der Waals surface area contributed by atoms with E-state index in [1.165, 1.54) is 11.3 Å². The highest BCUT2D eigenvalue weighted by Crippen LogP contribution is 2.26. The van der Waals surface area contributed by atoms with Crippen molar-refractivity contribution in [3.63, 3.8) is 0 Å². The summed E-state index contributed by atoms with van der Waals surface area (Å²) in [5.74, 6) is 0.716. The van der Waals surface area contributed by atoms with E-state index in [-0.39, 0.29) is 12.3 Å². The van der Waals surface area contributed by atoms with E-state index in [0.717, 1.165) is 27.7 Å². The first-order chi connectivity index (χ1) is 13.6. The number of carbonyl (C=O) groups excluding carboxylic acids is 1. The minimum atomic E-state index is -0.121. The first kappa shape index (κ1) is 18.5. The lowest BCUT2D eigenvalue weighted by Crippen LogP contribution is -2.15. The lowest BCUT2D eigenvalue weighted by atomic mass is 10.1. The molecule has 7 heteroatoms. The average Bonchev–Trinajstić information content (AvgIpc) is 3.27. The van der Waals surface area contributed by atoms with Crippen molar-refractivity contribution >= 4 is 39.5 Å². The van der Waals surface area contributed by atoms with E-state index in [0.29, 0.717) is 17.3 Å². The molecule has 2 aromatic carbocycles. The summed E-state index contributed by atoms with van der Waals surface area (Å²) in [6, 6.07) is 15.0. The van der Waals surface area contributed by atoms with E-state index in [1.54, 1.807) is 12.1 Å². The number of para-hydroxylation sites is 1. The zero-order valence-electron chi connectivity index (χ0n) is 15.2.